The van der Waals surface area contributed by atoms with Gasteiger partial charge < -0.3 is 0 Å². The molecule has 0 aromatic rings. The van der Waals surface area contributed by atoms with Crippen LogP contribution in [0.4, 0.5) is 0 Å². The van der Waals surface area contributed by atoms with E-state index in [9.17, 15) is 0 Å². The number of halogens is 1. The first-order valence-electron chi connectivity index (χ1n) is 4.39. The van der Waals surface area contributed by atoms with Gasteiger partial charge in [-0.3, -0.25) is 0 Å². The third kappa shape index (κ3) is 35.4. The molecule has 0 amide bonds. The molecule has 0 aromatic carbocycles. The minimum atomic E-state index is 0. The summed E-state index contributed by atoms with van der Waals surface area (Å²) in [6.07, 6.45) is 6.37. The first-order valence-corrected chi connectivity index (χ1v) is 4.92. The monoisotopic (exact) mass is 286 g/mol. The normalized spacial score (nSPS) is 7.64. The Kier molecular flexibility index (Phi) is 36.7. The van der Waals surface area contributed by atoms with Crippen molar-refractivity contribution < 1.29 is 0 Å². The standard InChI is InChI=1S/C5H11Cl.C4H10.Sn.2H/c1-2-3-4-5-6;1-3-4-2;;;/h2-5H2,1H3;3-4H2,1-2H3;;;. The molecule has 0 nitrogen and oxygen atoms in total. The number of hydrogen-bond acceptors (Lipinski definition) is 0. The van der Waals surface area contributed by atoms with Crippen LogP contribution in [0.3, 0.4) is 0 Å². The zero-order valence-electron chi connectivity index (χ0n) is 8.33. The van der Waals surface area contributed by atoms with Crippen molar-refractivity contribution in [2.75, 3.05) is 5.88 Å². The molecular weight excluding hydrogens is 262 g/mol. The van der Waals surface area contributed by atoms with Crippen molar-refractivity contribution in [3.05, 3.63) is 0 Å². The van der Waals surface area contributed by atoms with E-state index in [0.29, 0.717) is 0 Å². The van der Waals surface area contributed by atoms with Gasteiger partial charge in [0.15, 0.2) is 0 Å². The minimum absolute atomic E-state index is 0. The second-order valence-electron chi connectivity index (χ2n) is 2.40. The van der Waals surface area contributed by atoms with Gasteiger partial charge in [-0.25, -0.2) is 0 Å². The van der Waals surface area contributed by atoms with Crippen LogP contribution >= 0.6 is 11.6 Å². The van der Waals surface area contributed by atoms with Crippen LogP contribution in [-0.4, -0.2) is 29.8 Å². The summed E-state index contributed by atoms with van der Waals surface area (Å²) in [5.74, 6) is 0.827. The molecule has 0 unspecified atom stereocenters. The van der Waals surface area contributed by atoms with Crippen molar-refractivity contribution in [1.82, 2.24) is 0 Å². The molecule has 0 saturated carbocycles. The second kappa shape index (κ2) is 22.5. The Balaban J connectivity index is -0.000000114. The van der Waals surface area contributed by atoms with Crippen LogP contribution in [0.15, 0.2) is 0 Å². The number of rotatable bonds is 4. The molecule has 0 heterocycles. The Hall–Kier alpha value is 1.09. The van der Waals surface area contributed by atoms with Crippen LogP contribution in [0, 0.1) is 0 Å². The van der Waals surface area contributed by atoms with Gasteiger partial charge in [0.2, 0.25) is 0 Å². The fourth-order valence-corrected chi connectivity index (χ4v) is 0.533. The van der Waals surface area contributed by atoms with E-state index in [4.69, 9.17) is 11.6 Å². The van der Waals surface area contributed by atoms with Crippen molar-refractivity contribution in [2.24, 2.45) is 0 Å². The molecular formula is C9H23ClSn. The topological polar surface area (TPSA) is 0 Å². The summed E-state index contributed by atoms with van der Waals surface area (Å²) >= 11 is 5.38. The Morgan fingerprint density at radius 2 is 1.27 bits per heavy atom. The number of unbranched alkanes of at least 4 members (excludes halogenated alkanes) is 3. The molecule has 0 spiro atoms. The van der Waals surface area contributed by atoms with Crippen molar-refractivity contribution in [2.45, 2.75) is 52.9 Å². The maximum atomic E-state index is 5.38. The third-order valence-electron chi connectivity index (χ3n) is 1.24. The molecule has 0 rings (SSSR count). The van der Waals surface area contributed by atoms with Crippen LogP contribution in [0.2, 0.25) is 0 Å². The van der Waals surface area contributed by atoms with Crippen LogP contribution in [0.1, 0.15) is 52.9 Å². The zero-order chi connectivity index (χ0) is 8.24. The summed E-state index contributed by atoms with van der Waals surface area (Å²) in [4.78, 5) is 0. The third-order valence-corrected chi connectivity index (χ3v) is 1.50. The van der Waals surface area contributed by atoms with Gasteiger partial charge in [-0.2, -0.15) is 0 Å². The molecule has 0 aliphatic carbocycles. The van der Waals surface area contributed by atoms with Crippen LogP contribution in [0.5, 0.6) is 0 Å². The van der Waals surface area contributed by atoms with Gasteiger partial charge in [0.25, 0.3) is 0 Å². The molecule has 0 aliphatic heterocycles. The Morgan fingerprint density at radius 1 is 0.818 bits per heavy atom. The Bertz CT molecular complexity index is 34.5. The van der Waals surface area contributed by atoms with Crippen molar-refractivity contribution in [1.29, 1.82) is 0 Å². The summed E-state index contributed by atoms with van der Waals surface area (Å²) in [5, 5.41) is 0. The van der Waals surface area contributed by atoms with Gasteiger partial charge in [0.05, 0.1) is 0 Å². The van der Waals surface area contributed by atoms with Crippen molar-refractivity contribution in [3.8, 4) is 0 Å². The SMILES string of the molecule is CCCC.CCCCCCl.[SnH2]. The van der Waals surface area contributed by atoms with E-state index in [1.54, 1.807) is 0 Å². The van der Waals surface area contributed by atoms with E-state index in [0.717, 1.165) is 5.88 Å². The quantitative estimate of drug-likeness (QED) is 0.422. The molecule has 0 aliphatic rings. The average molecular weight is 285 g/mol. The second-order valence-corrected chi connectivity index (χ2v) is 2.77. The van der Waals surface area contributed by atoms with Crippen LogP contribution < -0.4 is 0 Å². The summed E-state index contributed by atoms with van der Waals surface area (Å²) in [5.41, 5.74) is 0. The van der Waals surface area contributed by atoms with Crippen molar-refractivity contribution in [3.63, 3.8) is 0 Å². The molecule has 70 valence electrons. The molecule has 0 fully saturated rings. The summed E-state index contributed by atoms with van der Waals surface area (Å²) < 4.78 is 0. The summed E-state index contributed by atoms with van der Waals surface area (Å²) in [7, 11) is 0. The van der Waals surface area contributed by atoms with Crippen molar-refractivity contribution >= 4 is 35.5 Å². The van der Waals surface area contributed by atoms with Gasteiger partial charge in [-0.1, -0.05) is 46.5 Å². The summed E-state index contributed by atoms with van der Waals surface area (Å²) in [6, 6.07) is 0. The van der Waals surface area contributed by atoms with Gasteiger partial charge in [0, 0.05) is 5.88 Å². The van der Waals surface area contributed by atoms with Gasteiger partial charge in [-0.05, 0) is 6.42 Å². The van der Waals surface area contributed by atoms with Gasteiger partial charge >= 0.3 is 23.9 Å². The Morgan fingerprint density at radius 3 is 1.36 bits per heavy atom. The fourth-order valence-electron chi connectivity index (χ4n) is 0.344. The molecule has 2 radical (unpaired) electrons. The molecule has 0 N–H and O–H groups in total. The van der Waals surface area contributed by atoms with E-state index in [-0.39, 0.29) is 23.9 Å². The van der Waals surface area contributed by atoms with E-state index < -0.39 is 0 Å². The molecule has 0 aromatic heterocycles. The molecule has 11 heavy (non-hydrogen) atoms. The average Bonchev–Trinajstić information content (AvgIpc) is 2.01. The maximum absolute atomic E-state index is 5.38. The predicted octanol–water partition coefficient (Wildman–Crippen LogP) is 3.31. The summed E-state index contributed by atoms with van der Waals surface area (Å²) in [6.45, 7) is 6.53. The molecule has 2 heteroatoms. The van der Waals surface area contributed by atoms with E-state index >= 15 is 0 Å². The fraction of sp³-hybridized carbons (Fsp3) is 1.00. The van der Waals surface area contributed by atoms with E-state index in [1.807, 2.05) is 0 Å². The van der Waals surface area contributed by atoms with Crippen LogP contribution in [-0.2, 0) is 0 Å². The Labute approximate surface area is 94.0 Å². The van der Waals surface area contributed by atoms with E-state index in [2.05, 4.69) is 20.8 Å². The molecule has 0 atom stereocenters. The first kappa shape index (κ1) is 18.0. The predicted molar refractivity (Wildman–Crippen MR) is 59.4 cm³/mol. The van der Waals surface area contributed by atoms with Crippen LogP contribution in [0.25, 0.3) is 0 Å². The van der Waals surface area contributed by atoms with Gasteiger partial charge in [-0.15, -0.1) is 11.6 Å². The number of alkyl halides is 1. The first-order chi connectivity index (χ1) is 4.83. The zero-order valence-corrected chi connectivity index (χ0v) is 13.1. The molecule has 0 bridgehead atoms. The number of hydrogen-bond donors (Lipinski definition) is 0. The van der Waals surface area contributed by atoms with E-state index in [1.165, 1.54) is 32.1 Å². The van der Waals surface area contributed by atoms with Gasteiger partial charge in [0.1, 0.15) is 0 Å². The molecule has 0 saturated heterocycles.